The number of rotatable bonds is 10. The number of nitro groups is 1. The summed E-state index contributed by atoms with van der Waals surface area (Å²) in [6.07, 6.45) is 3.20. The predicted molar refractivity (Wildman–Crippen MR) is 107 cm³/mol. The number of amides is 1. The molecular weight excluding hydrogens is 366 g/mol. The molecule has 0 spiro atoms. The minimum Gasteiger partial charge on any atom is -0.490 e. The van der Waals surface area contributed by atoms with Gasteiger partial charge < -0.3 is 4.74 Å². The number of thioether (sulfide) groups is 1. The van der Waals surface area contributed by atoms with Crippen LogP contribution in [0.2, 0.25) is 0 Å². The van der Waals surface area contributed by atoms with E-state index in [0.717, 1.165) is 11.1 Å². The maximum Gasteiger partial charge on any atom is 0.269 e. The largest absolute Gasteiger partial charge is 0.490 e. The third kappa shape index (κ3) is 7.33. The minimum atomic E-state index is -0.441. The van der Waals surface area contributed by atoms with Crippen LogP contribution in [0.15, 0.2) is 66.3 Å². The van der Waals surface area contributed by atoms with Gasteiger partial charge in [0.2, 0.25) is 5.91 Å². The van der Waals surface area contributed by atoms with Crippen molar-refractivity contribution in [3.05, 3.63) is 82.4 Å². The zero-order chi connectivity index (χ0) is 19.5. The Balaban J connectivity index is 1.73. The van der Waals surface area contributed by atoms with Crippen molar-refractivity contribution in [2.75, 3.05) is 12.4 Å². The molecule has 0 saturated heterocycles. The number of hydrazone groups is 1. The third-order valence-corrected chi connectivity index (χ3v) is 4.28. The summed E-state index contributed by atoms with van der Waals surface area (Å²) in [4.78, 5) is 22.0. The van der Waals surface area contributed by atoms with Crippen LogP contribution in [0.4, 0.5) is 5.69 Å². The van der Waals surface area contributed by atoms with Gasteiger partial charge in [-0.1, -0.05) is 36.9 Å². The van der Waals surface area contributed by atoms with Crippen molar-refractivity contribution in [3.63, 3.8) is 0 Å². The van der Waals surface area contributed by atoms with Gasteiger partial charge in [0.1, 0.15) is 12.4 Å². The summed E-state index contributed by atoms with van der Waals surface area (Å²) >= 11 is 1.40. The summed E-state index contributed by atoms with van der Waals surface area (Å²) < 4.78 is 5.43. The van der Waals surface area contributed by atoms with Crippen molar-refractivity contribution in [1.29, 1.82) is 0 Å². The molecule has 2 aromatic carbocycles. The normalized spacial score (nSPS) is 10.5. The number of carbonyl (C=O) groups excluding carboxylic acids is 1. The van der Waals surface area contributed by atoms with Crippen LogP contribution >= 0.6 is 11.8 Å². The number of carbonyl (C=O) groups is 1. The van der Waals surface area contributed by atoms with Crippen molar-refractivity contribution < 1.29 is 14.5 Å². The Kier molecular flexibility index (Phi) is 8.05. The second kappa shape index (κ2) is 10.8. The Morgan fingerprint density at radius 1 is 1.30 bits per heavy atom. The smallest absolute Gasteiger partial charge is 0.269 e. The monoisotopic (exact) mass is 385 g/mol. The summed E-state index contributed by atoms with van der Waals surface area (Å²) in [6, 6.07) is 13.6. The number of nitrogens with zero attached hydrogens (tertiary/aromatic N) is 2. The summed E-state index contributed by atoms with van der Waals surface area (Å²) in [5.74, 6) is 1.29. The lowest BCUT2D eigenvalue weighted by atomic mass is 10.2. The highest BCUT2D eigenvalue weighted by Crippen LogP contribution is 2.16. The first kappa shape index (κ1) is 20.2. The second-order valence-corrected chi connectivity index (χ2v) is 6.37. The molecule has 0 aliphatic rings. The number of nitro benzene ring substituents is 1. The zero-order valence-corrected chi connectivity index (χ0v) is 15.4. The number of benzene rings is 2. The molecule has 0 unspecified atom stereocenters. The first-order valence-corrected chi connectivity index (χ1v) is 9.20. The van der Waals surface area contributed by atoms with Crippen LogP contribution in [-0.4, -0.2) is 29.4 Å². The summed E-state index contributed by atoms with van der Waals surface area (Å²) in [7, 11) is 0. The Hall–Kier alpha value is -3.13. The highest BCUT2D eigenvalue weighted by Gasteiger charge is 2.05. The molecule has 0 bridgehead atoms. The van der Waals surface area contributed by atoms with Crippen LogP contribution in [0, 0.1) is 10.1 Å². The molecule has 2 rings (SSSR count). The maximum absolute atomic E-state index is 11.8. The molecule has 0 aromatic heterocycles. The predicted octanol–water partition coefficient (Wildman–Crippen LogP) is 3.54. The summed E-state index contributed by atoms with van der Waals surface area (Å²) in [6.45, 7) is 4.01. The molecule has 2 aromatic rings. The van der Waals surface area contributed by atoms with Crippen molar-refractivity contribution in [2.45, 2.75) is 5.75 Å². The number of ether oxygens (including phenoxy) is 1. The number of non-ortho nitro benzene ring substituents is 1. The first-order chi connectivity index (χ1) is 13.1. The quantitative estimate of drug-likeness (QED) is 0.292. The Morgan fingerprint density at radius 3 is 2.78 bits per heavy atom. The zero-order valence-electron chi connectivity index (χ0n) is 14.5. The molecule has 0 saturated carbocycles. The first-order valence-electron chi connectivity index (χ1n) is 8.05. The highest BCUT2D eigenvalue weighted by atomic mass is 32.2. The molecule has 1 amide bonds. The summed E-state index contributed by atoms with van der Waals surface area (Å²) in [5.41, 5.74) is 4.23. The standard InChI is InChI=1S/C19H19N3O4S/c1-2-10-26-18-5-3-4-16(11-18)12-20-21-19(23)14-27-13-15-6-8-17(9-7-15)22(24)25/h2-9,11-12H,1,10,13-14H2,(H,21,23)/b20-12-. The molecule has 1 N–H and O–H groups in total. The Morgan fingerprint density at radius 2 is 2.07 bits per heavy atom. The lowest BCUT2D eigenvalue weighted by molar-refractivity contribution is -0.384. The van der Waals surface area contributed by atoms with Gasteiger partial charge in [-0.15, -0.1) is 11.8 Å². The number of hydrogen-bond donors (Lipinski definition) is 1. The van der Waals surface area contributed by atoms with Crippen molar-refractivity contribution in [2.24, 2.45) is 5.10 Å². The van der Waals surface area contributed by atoms with Gasteiger partial charge in [0.15, 0.2) is 0 Å². The van der Waals surface area contributed by atoms with E-state index in [-0.39, 0.29) is 17.3 Å². The lowest BCUT2D eigenvalue weighted by Gasteiger charge is -2.03. The number of nitrogens with one attached hydrogen (secondary N) is 1. The molecular formula is C19H19N3O4S. The van der Waals surface area contributed by atoms with Gasteiger partial charge in [-0.25, -0.2) is 5.43 Å². The molecule has 8 heteroatoms. The van der Waals surface area contributed by atoms with Crippen LogP contribution in [0.5, 0.6) is 5.75 Å². The molecule has 0 aliphatic heterocycles. The number of hydrogen-bond acceptors (Lipinski definition) is 6. The minimum absolute atomic E-state index is 0.0507. The SMILES string of the molecule is C=CCOc1cccc(/C=N\NC(=O)CSCc2ccc([N+](=O)[O-])cc2)c1. The lowest BCUT2D eigenvalue weighted by Crippen LogP contribution is -2.19. The van der Waals surface area contributed by atoms with E-state index in [0.29, 0.717) is 18.1 Å². The fraction of sp³-hybridized carbons (Fsp3) is 0.158. The van der Waals surface area contributed by atoms with E-state index in [1.54, 1.807) is 24.4 Å². The second-order valence-electron chi connectivity index (χ2n) is 5.38. The molecule has 0 fully saturated rings. The third-order valence-electron chi connectivity index (χ3n) is 3.28. The van der Waals surface area contributed by atoms with Crippen LogP contribution in [0.1, 0.15) is 11.1 Å². The molecule has 0 heterocycles. The molecule has 0 radical (unpaired) electrons. The van der Waals surface area contributed by atoms with Crippen LogP contribution in [-0.2, 0) is 10.5 Å². The highest BCUT2D eigenvalue weighted by molar-refractivity contribution is 7.99. The van der Waals surface area contributed by atoms with Gasteiger partial charge in [0.25, 0.3) is 5.69 Å². The van der Waals surface area contributed by atoms with E-state index in [1.165, 1.54) is 23.9 Å². The van der Waals surface area contributed by atoms with Crippen LogP contribution < -0.4 is 10.2 Å². The van der Waals surface area contributed by atoms with Gasteiger partial charge >= 0.3 is 0 Å². The van der Waals surface area contributed by atoms with Crippen molar-refractivity contribution >= 4 is 29.6 Å². The fourth-order valence-corrected chi connectivity index (χ4v) is 2.81. The van der Waals surface area contributed by atoms with E-state index in [2.05, 4.69) is 17.1 Å². The van der Waals surface area contributed by atoms with Crippen molar-refractivity contribution in [3.8, 4) is 5.75 Å². The van der Waals surface area contributed by atoms with Gasteiger partial charge in [0.05, 0.1) is 16.9 Å². The van der Waals surface area contributed by atoms with Crippen LogP contribution in [0.3, 0.4) is 0 Å². The fourth-order valence-electron chi connectivity index (χ4n) is 2.03. The molecule has 7 nitrogen and oxygen atoms in total. The van der Waals surface area contributed by atoms with Gasteiger partial charge in [-0.3, -0.25) is 14.9 Å². The van der Waals surface area contributed by atoms with Crippen LogP contribution in [0.25, 0.3) is 0 Å². The van der Waals surface area contributed by atoms with E-state index in [1.807, 2.05) is 24.3 Å². The molecule has 0 aliphatic carbocycles. The van der Waals surface area contributed by atoms with Gasteiger partial charge in [0, 0.05) is 17.9 Å². The Bertz CT molecular complexity index is 822. The molecule has 140 valence electrons. The Labute approximate surface area is 161 Å². The van der Waals surface area contributed by atoms with E-state index in [4.69, 9.17) is 4.74 Å². The average Bonchev–Trinajstić information content (AvgIpc) is 2.67. The van der Waals surface area contributed by atoms with Gasteiger partial charge in [-0.2, -0.15) is 5.10 Å². The topological polar surface area (TPSA) is 93.8 Å². The van der Waals surface area contributed by atoms with Crippen molar-refractivity contribution in [1.82, 2.24) is 5.43 Å². The van der Waals surface area contributed by atoms with E-state index < -0.39 is 4.92 Å². The van der Waals surface area contributed by atoms with E-state index in [9.17, 15) is 14.9 Å². The van der Waals surface area contributed by atoms with Gasteiger partial charge in [-0.05, 0) is 23.3 Å². The maximum atomic E-state index is 11.8. The molecule has 27 heavy (non-hydrogen) atoms. The summed E-state index contributed by atoms with van der Waals surface area (Å²) in [5, 5.41) is 14.5. The average molecular weight is 385 g/mol. The molecule has 0 atom stereocenters. The van der Waals surface area contributed by atoms with E-state index >= 15 is 0 Å².